The monoisotopic (exact) mass is 272 g/mol. The molecule has 2 rings (SSSR count). The lowest BCUT2D eigenvalue weighted by Gasteiger charge is -2.33. The van der Waals surface area contributed by atoms with Gasteiger partial charge in [0.15, 0.2) is 0 Å². The average Bonchev–Trinajstić information content (AvgIpc) is 2.27. The summed E-state index contributed by atoms with van der Waals surface area (Å²) in [6, 6.07) is 3.71. The van der Waals surface area contributed by atoms with Crippen molar-refractivity contribution in [3.8, 4) is 5.75 Å². The van der Waals surface area contributed by atoms with Crippen molar-refractivity contribution in [2.75, 3.05) is 5.73 Å². The number of nitrogens with two attached hydrogens (primary N) is 1. The molecule has 0 bridgehead atoms. The second-order valence-corrected chi connectivity index (χ2v) is 4.98. The highest BCUT2D eigenvalue weighted by Crippen LogP contribution is 2.37. The summed E-state index contributed by atoms with van der Waals surface area (Å²) < 4.78 is 0. The molecule has 0 radical (unpaired) electrons. The molecule has 2 atom stereocenters. The number of aliphatic hydroxyl groups excluding tert-OH is 1. The first kappa shape index (κ1) is 15.1. The Morgan fingerprint density at radius 2 is 2.06 bits per heavy atom. The first-order valence-corrected chi connectivity index (χ1v) is 6.05. The van der Waals surface area contributed by atoms with E-state index in [4.69, 9.17) is 5.73 Å². The molecule has 0 saturated carbocycles. The van der Waals surface area contributed by atoms with Gasteiger partial charge in [0.1, 0.15) is 5.75 Å². The number of rotatable bonds is 2. The third-order valence-electron chi connectivity index (χ3n) is 3.32. The first-order valence-electron chi connectivity index (χ1n) is 6.05. The minimum atomic E-state index is -0.552. The van der Waals surface area contributed by atoms with Crippen LogP contribution in [0.25, 0.3) is 0 Å². The summed E-state index contributed by atoms with van der Waals surface area (Å²) in [5, 5.41) is 23.2. The molecular weight excluding hydrogens is 252 g/mol. The molecule has 0 spiro atoms. The third kappa shape index (κ3) is 2.71. The van der Waals surface area contributed by atoms with Gasteiger partial charge in [-0.25, -0.2) is 0 Å². The lowest BCUT2D eigenvalue weighted by molar-refractivity contribution is 0.110. The fraction of sp³-hybridized carbons (Fsp3) is 0.538. The maximum atomic E-state index is 10.3. The van der Waals surface area contributed by atoms with Crippen LogP contribution in [0.1, 0.15) is 37.5 Å². The average molecular weight is 273 g/mol. The van der Waals surface area contributed by atoms with Crippen LogP contribution in [-0.2, 0) is 6.42 Å². The number of nitrogens with one attached hydrogen (secondary N) is 1. The largest absolute Gasteiger partial charge is 0.506 e. The number of aliphatic hydroxyl groups is 1. The summed E-state index contributed by atoms with van der Waals surface area (Å²) in [6.07, 6.45) is 1.07. The number of hydrogen-bond acceptors (Lipinski definition) is 4. The summed E-state index contributed by atoms with van der Waals surface area (Å²) in [7, 11) is 0. The molecule has 1 aromatic rings. The minimum absolute atomic E-state index is 0. The Balaban J connectivity index is 0.00000162. The summed E-state index contributed by atoms with van der Waals surface area (Å²) in [6.45, 7) is 4.13. The highest BCUT2D eigenvalue weighted by molar-refractivity contribution is 5.85. The van der Waals surface area contributed by atoms with E-state index < -0.39 is 6.10 Å². The van der Waals surface area contributed by atoms with Crippen LogP contribution < -0.4 is 11.1 Å². The number of hydrogen-bond donors (Lipinski definition) is 4. The zero-order valence-electron chi connectivity index (χ0n) is 10.7. The quantitative estimate of drug-likeness (QED) is 0.489. The van der Waals surface area contributed by atoms with Gasteiger partial charge < -0.3 is 21.3 Å². The second-order valence-electron chi connectivity index (χ2n) is 4.98. The minimum Gasteiger partial charge on any atom is -0.506 e. The summed E-state index contributed by atoms with van der Waals surface area (Å²) in [4.78, 5) is 0. The molecule has 1 aromatic carbocycles. The van der Waals surface area contributed by atoms with Crippen molar-refractivity contribution < 1.29 is 10.2 Å². The van der Waals surface area contributed by atoms with Crippen LogP contribution in [-0.4, -0.2) is 22.3 Å². The lowest BCUT2D eigenvalue weighted by Crippen LogP contribution is -2.42. The number of phenols is 1. The van der Waals surface area contributed by atoms with Crippen LogP contribution in [0.3, 0.4) is 0 Å². The Kier molecular flexibility index (Phi) is 4.85. The van der Waals surface area contributed by atoms with Crippen LogP contribution >= 0.6 is 12.4 Å². The first-order chi connectivity index (χ1) is 8.00. The predicted octanol–water partition coefficient (Wildman–Crippen LogP) is 1.74. The SMILES string of the molecule is CC(C)N[C@@H]1CCc2c(ccc(O)c2N)[C@H]1O.Cl. The van der Waals surface area contributed by atoms with Gasteiger partial charge in [0.2, 0.25) is 0 Å². The van der Waals surface area contributed by atoms with Crippen molar-refractivity contribution in [2.24, 2.45) is 0 Å². The van der Waals surface area contributed by atoms with Crippen LogP contribution in [0.2, 0.25) is 0 Å². The molecule has 5 N–H and O–H groups in total. The number of phenolic OH excluding ortho intramolecular Hbond substituents is 1. The van der Waals surface area contributed by atoms with Gasteiger partial charge in [-0.3, -0.25) is 0 Å². The number of nitrogen functional groups attached to an aromatic ring is 1. The van der Waals surface area contributed by atoms with Crippen LogP contribution in [0.15, 0.2) is 12.1 Å². The van der Waals surface area contributed by atoms with E-state index in [1.165, 1.54) is 0 Å². The number of anilines is 1. The zero-order chi connectivity index (χ0) is 12.6. The maximum absolute atomic E-state index is 10.3. The van der Waals surface area contributed by atoms with Crippen LogP contribution in [0, 0.1) is 0 Å². The zero-order valence-corrected chi connectivity index (χ0v) is 11.5. The van der Waals surface area contributed by atoms with E-state index in [-0.39, 0.29) is 24.2 Å². The molecule has 0 aromatic heterocycles. The molecule has 102 valence electrons. The Labute approximate surface area is 114 Å². The van der Waals surface area contributed by atoms with Crippen molar-refractivity contribution in [3.63, 3.8) is 0 Å². The van der Waals surface area contributed by atoms with E-state index in [2.05, 4.69) is 19.2 Å². The molecular formula is C13H21ClN2O2. The molecule has 5 heteroatoms. The topological polar surface area (TPSA) is 78.5 Å². The lowest BCUT2D eigenvalue weighted by atomic mass is 9.84. The Morgan fingerprint density at radius 3 is 2.67 bits per heavy atom. The van der Waals surface area contributed by atoms with Crippen LogP contribution in [0.4, 0.5) is 5.69 Å². The summed E-state index contributed by atoms with van der Waals surface area (Å²) in [5.41, 5.74) is 7.96. The number of fused-ring (bicyclic) bond motifs is 1. The smallest absolute Gasteiger partial charge is 0.138 e. The van der Waals surface area contributed by atoms with Gasteiger partial charge in [-0.2, -0.15) is 0 Å². The van der Waals surface area contributed by atoms with Gasteiger partial charge in [-0.15, -0.1) is 12.4 Å². The Bertz CT molecular complexity index is 424. The van der Waals surface area contributed by atoms with Crippen molar-refractivity contribution >= 4 is 18.1 Å². The highest BCUT2D eigenvalue weighted by Gasteiger charge is 2.29. The number of halogens is 1. The summed E-state index contributed by atoms with van der Waals surface area (Å²) in [5.74, 6) is 0.103. The molecule has 1 aliphatic rings. The van der Waals surface area contributed by atoms with E-state index in [0.29, 0.717) is 11.7 Å². The standard InChI is InChI=1S/C13H20N2O2.ClH/c1-7(2)15-10-5-3-8-9(13(10)17)4-6-11(16)12(8)14;/h4,6-7,10,13,15-17H,3,5,14H2,1-2H3;1H/t10-,13-;/m1./s1. The number of aromatic hydroxyl groups is 1. The van der Waals surface area contributed by atoms with Gasteiger partial charge in [-0.1, -0.05) is 19.9 Å². The molecule has 0 amide bonds. The Hall–Kier alpha value is -0.970. The molecule has 0 heterocycles. The van der Waals surface area contributed by atoms with E-state index in [1.807, 2.05) is 0 Å². The van der Waals surface area contributed by atoms with E-state index in [9.17, 15) is 10.2 Å². The molecule has 0 fully saturated rings. The molecule has 18 heavy (non-hydrogen) atoms. The molecule has 0 saturated heterocycles. The van der Waals surface area contributed by atoms with Gasteiger partial charge in [0, 0.05) is 12.1 Å². The molecule has 0 unspecified atom stereocenters. The normalized spacial score (nSPS) is 22.4. The van der Waals surface area contributed by atoms with E-state index in [0.717, 1.165) is 24.0 Å². The fourth-order valence-electron chi connectivity index (χ4n) is 2.50. The molecule has 4 nitrogen and oxygen atoms in total. The van der Waals surface area contributed by atoms with E-state index in [1.54, 1.807) is 12.1 Å². The third-order valence-corrected chi connectivity index (χ3v) is 3.32. The van der Waals surface area contributed by atoms with Gasteiger partial charge in [-0.05, 0) is 30.0 Å². The predicted molar refractivity (Wildman–Crippen MR) is 75.1 cm³/mol. The van der Waals surface area contributed by atoms with Crippen molar-refractivity contribution in [1.29, 1.82) is 0 Å². The molecule has 1 aliphatic carbocycles. The maximum Gasteiger partial charge on any atom is 0.138 e. The summed E-state index contributed by atoms with van der Waals surface area (Å²) >= 11 is 0. The Morgan fingerprint density at radius 1 is 1.39 bits per heavy atom. The van der Waals surface area contributed by atoms with Crippen LogP contribution in [0.5, 0.6) is 5.75 Å². The molecule has 0 aliphatic heterocycles. The number of benzene rings is 1. The van der Waals surface area contributed by atoms with Crippen molar-refractivity contribution in [3.05, 3.63) is 23.3 Å². The highest BCUT2D eigenvalue weighted by atomic mass is 35.5. The van der Waals surface area contributed by atoms with Crippen molar-refractivity contribution in [2.45, 2.75) is 44.9 Å². The van der Waals surface area contributed by atoms with Gasteiger partial charge in [0.25, 0.3) is 0 Å². The van der Waals surface area contributed by atoms with Gasteiger partial charge in [0.05, 0.1) is 11.8 Å². The van der Waals surface area contributed by atoms with Gasteiger partial charge >= 0.3 is 0 Å². The van der Waals surface area contributed by atoms with Crippen molar-refractivity contribution in [1.82, 2.24) is 5.32 Å². The van der Waals surface area contributed by atoms with E-state index >= 15 is 0 Å². The fourth-order valence-corrected chi connectivity index (χ4v) is 2.50. The second kappa shape index (κ2) is 5.78.